The van der Waals surface area contributed by atoms with Gasteiger partial charge in [0.2, 0.25) is 0 Å². The molecule has 18 heavy (non-hydrogen) atoms. The van der Waals surface area contributed by atoms with Crippen molar-refractivity contribution in [1.82, 2.24) is 0 Å². The summed E-state index contributed by atoms with van der Waals surface area (Å²) in [6, 6.07) is 5.23. The zero-order valence-electron chi connectivity index (χ0n) is 9.97. The molecule has 0 heterocycles. The highest BCUT2D eigenvalue weighted by Crippen LogP contribution is 2.24. The molecule has 0 radical (unpaired) electrons. The summed E-state index contributed by atoms with van der Waals surface area (Å²) in [4.78, 5) is 11.3. The Hall–Kier alpha value is -1.84. The lowest BCUT2D eigenvalue weighted by atomic mass is 9.87. The molecule has 2 unspecified atom stereocenters. The lowest BCUT2D eigenvalue weighted by Crippen LogP contribution is -2.37. The van der Waals surface area contributed by atoms with Crippen LogP contribution in [0.2, 0.25) is 0 Å². The van der Waals surface area contributed by atoms with Crippen molar-refractivity contribution in [3.05, 3.63) is 42.2 Å². The molecular formula is C14H16FNO2. The molecule has 1 aliphatic carbocycles. The van der Waals surface area contributed by atoms with Crippen LogP contribution in [0.5, 0.6) is 0 Å². The molecule has 2 atom stereocenters. The monoisotopic (exact) mass is 249 g/mol. The van der Waals surface area contributed by atoms with Crippen molar-refractivity contribution in [3.63, 3.8) is 0 Å². The standard InChI is InChI=1S/C14H16FNO2/c15-11-7-4-8-12(9-11)16-13(14(17)18)10-5-2-1-3-6-10/h1-2,4,7-10,13,16H,3,5-6H2,(H,17,18). The van der Waals surface area contributed by atoms with E-state index in [4.69, 9.17) is 0 Å². The summed E-state index contributed by atoms with van der Waals surface area (Å²) in [5, 5.41) is 12.2. The first-order valence-corrected chi connectivity index (χ1v) is 6.07. The highest BCUT2D eigenvalue weighted by molar-refractivity contribution is 5.77. The summed E-state index contributed by atoms with van der Waals surface area (Å²) in [6.45, 7) is 0. The van der Waals surface area contributed by atoms with E-state index in [9.17, 15) is 14.3 Å². The Bertz CT molecular complexity index is 459. The SMILES string of the molecule is O=C(O)C(Nc1cccc(F)c1)C1CC=CCC1. The highest BCUT2D eigenvalue weighted by atomic mass is 19.1. The Morgan fingerprint density at radius 3 is 2.89 bits per heavy atom. The summed E-state index contributed by atoms with van der Waals surface area (Å²) in [5.74, 6) is -1.21. The molecule has 0 spiro atoms. The second kappa shape index (κ2) is 5.67. The molecule has 0 saturated heterocycles. The van der Waals surface area contributed by atoms with Gasteiger partial charge in [-0.3, -0.25) is 0 Å². The van der Waals surface area contributed by atoms with E-state index in [0.29, 0.717) is 5.69 Å². The van der Waals surface area contributed by atoms with Crippen LogP contribution < -0.4 is 5.32 Å². The van der Waals surface area contributed by atoms with E-state index >= 15 is 0 Å². The zero-order valence-corrected chi connectivity index (χ0v) is 9.97. The lowest BCUT2D eigenvalue weighted by Gasteiger charge is -2.26. The fourth-order valence-corrected chi connectivity index (χ4v) is 2.26. The molecule has 0 aliphatic heterocycles. The third kappa shape index (κ3) is 3.09. The second-order valence-electron chi connectivity index (χ2n) is 4.52. The number of hydrogen-bond donors (Lipinski definition) is 2. The van der Waals surface area contributed by atoms with Gasteiger partial charge < -0.3 is 10.4 Å². The number of rotatable bonds is 4. The van der Waals surface area contributed by atoms with Crippen molar-refractivity contribution in [2.24, 2.45) is 5.92 Å². The lowest BCUT2D eigenvalue weighted by molar-refractivity contribution is -0.139. The molecule has 0 bridgehead atoms. The minimum atomic E-state index is -0.889. The minimum absolute atomic E-state index is 0.0516. The van der Waals surface area contributed by atoms with Gasteiger partial charge in [0, 0.05) is 5.69 Å². The van der Waals surface area contributed by atoms with Gasteiger partial charge in [-0.15, -0.1) is 0 Å². The molecule has 1 aliphatic rings. The number of carbonyl (C=O) groups is 1. The number of hydrogen-bond acceptors (Lipinski definition) is 2. The van der Waals surface area contributed by atoms with Crippen LogP contribution in [0, 0.1) is 11.7 Å². The van der Waals surface area contributed by atoms with Gasteiger partial charge in [0.1, 0.15) is 11.9 Å². The maximum Gasteiger partial charge on any atom is 0.326 e. The number of aliphatic carboxylic acids is 1. The summed E-state index contributed by atoms with van der Waals surface area (Å²) < 4.78 is 13.1. The average Bonchev–Trinajstić information content (AvgIpc) is 2.37. The predicted octanol–water partition coefficient (Wildman–Crippen LogP) is 3.05. The smallest absolute Gasteiger partial charge is 0.326 e. The van der Waals surface area contributed by atoms with Gasteiger partial charge in [-0.05, 0) is 43.4 Å². The van der Waals surface area contributed by atoms with Crippen molar-refractivity contribution < 1.29 is 14.3 Å². The molecular weight excluding hydrogens is 233 g/mol. The van der Waals surface area contributed by atoms with Gasteiger partial charge in [-0.1, -0.05) is 18.2 Å². The van der Waals surface area contributed by atoms with E-state index in [-0.39, 0.29) is 11.7 Å². The summed E-state index contributed by atoms with van der Waals surface area (Å²) >= 11 is 0. The number of anilines is 1. The fourth-order valence-electron chi connectivity index (χ4n) is 2.26. The van der Waals surface area contributed by atoms with Crippen LogP contribution in [0.3, 0.4) is 0 Å². The van der Waals surface area contributed by atoms with Crippen molar-refractivity contribution in [2.75, 3.05) is 5.32 Å². The van der Waals surface area contributed by atoms with E-state index in [1.165, 1.54) is 12.1 Å². The normalized spacial score (nSPS) is 20.4. The van der Waals surface area contributed by atoms with Crippen molar-refractivity contribution >= 4 is 11.7 Å². The Morgan fingerprint density at radius 2 is 2.28 bits per heavy atom. The van der Waals surface area contributed by atoms with Gasteiger partial charge in [0.15, 0.2) is 0 Å². The zero-order chi connectivity index (χ0) is 13.0. The third-order valence-corrected chi connectivity index (χ3v) is 3.19. The van der Waals surface area contributed by atoms with Gasteiger partial charge in [0.05, 0.1) is 0 Å². The van der Waals surface area contributed by atoms with Crippen LogP contribution in [0.25, 0.3) is 0 Å². The molecule has 96 valence electrons. The van der Waals surface area contributed by atoms with Crippen LogP contribution >= 0.6 is 0 Å². The molecule has 0 amide bonds. The first-order valence-electron chi connectivity index (χ1n) is 6.07. The quantitative estimate of drug-likeness (QED) is 0.806. The molecule has 2 N–H and O–H groups in total. The molecule has 4 heteroatoms. The Morgan fingerprint density at radius 1 is 1.44 bits per heavy atom. The first kappa shape index (κ1) is 12.6. The molecule has 1 aromatic carbocycles. The van der Waals surface area contributed by atoms with Gasteiger partial charge in [-0.25, -0.2) is 9.18 Å². The van der Waals surface area contributed by atoms with Gasteiger partial charge >= 0.3 is 5.97 Å². The number of nitrogens with one attached hydrogen (secondary N) is 1. The summed E-state index contributed by atoms with van der Waals surface area (Å²) in [7, 11) is 0. The van der Waals surface area contributed by atoms with Crippen molar-refractivity contribution in [2.45, 2.75) is 25.3 Å². The summed E-state index contributed by atoms with van der Waals surface area (Å²) in [5.41, 5.74) is 0.511. The van der Waals surface area contributed by atoms with Crippen LogP contribution in [0.1, 0.15) is 19.3 Å². The number of halogens is 1. The van der Waals surface area contributed by atoms with Gasteiger partial charge in [0.25, 0.3) is 0 Å². The number of allylic oxidation sites excluding steroid dienone is 2. The molecule has 3 nitrogen and oxygen atoms in total. The van der Waals surface area contributed by atoms with E-state index in [2.05, 4.69) is 11.4 Å². The third-order valence-electron chi connectivity index (χ3n) is 3.19. The first-order chi connectivity index (χ1) is 8.66. The van der Waals surface area contributed by atoms with E-state index in [1.54, 1.807) is 12.1 Å². The predicted molar refractivity (Wildman–Crippen MR) is 67.9 cm³/mol. The second-order valence-corrected chi connectivity index (χ2v) is 4.52. The Labute approximate surface area is 105 Å². The molecule has 1 aromatic rings. The van der Waals surface area contributed by atoms with E-state index < -0.39 is 12.0 Å². The molecule has 0 fully saturated rings. The average molecular weight is 249 g/mol. The Balaban J connectivity index is 2.11. The number of carboxylic acids is 1. The Kier molecular flexibility index (Phi) is 3.97. The molecule has 0 aromatic heterocycles. The maximum atomic E-state index is 13.1. The van der Waals surface area contributed by atoms with Crippen molar-refractivity contribution in [1.29, 1.82) is 0 Å². The maximum absolute atomic E-state index is 13.1. The van der Waals surface area contributed by atoms with Crippen LogP contribution in [-0.4, -0.2) is 17.1 Å². The highest BCUT2D eigenvalue weighted by Gasteiger charge is 2.27. The summed E-state index contributed by atoms with van der Waals surface area (Å²) in [6.07, 6.45) is 6.57. The number of benzene rings is 1. The molecule has 2 rings (SSSR count). The minimum Gasteiger partial charge on any atom is -0.480 e. The fraction of sp³-hybridized carbons (Fsp3) is 0.357. The van der Waals surface area contributed by atoms with E-state index in [0.717, 1.165) is 19.3 Å². The van der Waals surface area contributed by atoms with Crippen LogP contribution in [0.4, 0.5) is 10.1 Å². The topological polar surface area (TPSA) is 49.3 Å². The van der Waals surface area contributed by atoms with Gasteiger partial charge in [-0.2, -0.15) is 0 Å². The van der Waals surface area contributed by atoms with Crippen LogP contribution in [-0.2, 0) is 4.79 Å². The van der Waals surface area contributed by atoms with E-state index in [1.807, 2.05) is 6.08 Å². The van der Waals surface area contributed by atoms with Crippen LogP contribution in [0.15, 0.2) is 36.4 Å². The largest absolute Gasteiger partial charge is 0.480 e. The number of carboxylic acid groups (broad SMARTS) is 1. The van der Waals surface area contributed by atoms with Crippen molar-refractivity contribution in [3.8, 4) is 0 Å². The molecule has 0 saturated carbocycles.